The summed E-state index contributed by atoms with van der Waals surface area (Å²) < 4.78 is 1.95. The van der Waals surface area contributed by atoms with Crippen LogP contribution in [0.2, 0.25) is 0 Å². The molecule has 0 radical (unpaired) electrons. The van der Waals surface area contributed by atoms with E-state index in [0.717, 1.165) is 35.8 Å². The van der Waals surface area contributed by atoms with E-state index in [1.54, 1.807) is 24.8 Å². The number of nitrogens with zero attached hydrogens (tertiary/aromatic N) is 7. The molecule has 0 amide bonds. The van der Waals surface area contributed by atoms with Crippen LogP contribution < -0.4 is 10.2 Å². The minimum atomic E-state index is 0.192. The summed E-state index contributed by atoms with van der Waals surface area (Å²) in [6.07, 6.45) is 12.7. The van der Waals surface area contributed by atoms with Crippen LogP contribution in [0.5, 0.6) is 0 Å². The molecule has 9 nitrogen and oxygen atoms in total. The van der Waals surface area contributed by atoms with Crippen molar-refractivity contribution in [2.24, 2.45) is 0 Å². The van der Waals surface area contributed by atoms with Gasteiger partial charge in [-0.05, 0) is 13.0 Å². The van der Waals surface area contributed by atoms with Gasteiger partial charge in [0.2, 0.25) is 0 Å². The van der Waals surface area contributed by atoms with Gasteiger partial charge in [0.05, 0.1) is 24.6 Å². The van der Waals surface area contributed by atoms with E-state index in [2.05, 4.69) is 42.3 Å². The molecule has 1 saturated heterocycles. The molecule has 0 aliphatic carbocycles. The van der Waals surface area contributed by atoms with Crippen LogP contribution in [0.15, 0.2) is 49.4 Å². The third-order valence-corrected chi connectivity index (χ3v) is 5.05. The molecule has 0 saturated carbocycles. The monoisotopic (exact) mass is 361 g/mol. The zero-order chi connectivity index (χ0) is 18.2. The third kappa shape index (κ3) is 2.72. The Hall–Kier alpha value is -3.33. The van der Waals surface area contributed by atoms with Crippen molar-refractivity contribution in [2.75, 3.05) is 18.0 Å². The van der Waals surface area contributed by atoms with Crippen molar-refractivity contribution in [3.8, 4) is 11.5 Å². The van der Waals surface area contributed by atoms with E-state index in [1.807, 2.05) is 29.1 Å². The molecule has 2 N–H and O–H groups in total. The number of hydrogen-bond acceptors (Lipinski definition) is 7. The minimum Gasteiger partial charge on any atom is -0.351 e. The highest BCUT2D eigenvalue weighted by Crippen LogP contribution is 2.28. The van der Waals surface area contributed by atoms with E-state index < -0.39 is 0 Å². The van der Waals surface area contributed by atoms with Crippen LogP contribution in [0.4, 0.5) is 5.82 Å². The molecular weight excluding hydrogens is 342 g/mol. The van der Waals surface area contributed by atoms with Gasteiger partial charge in [-0.25, -0.2) is 15.0 Å². The van der Waals surface area contributed by atoms with Gasteiger partial charge in [-0.1, -0.05) is 0 Å². The Balaban J connectivity index is 1.50. The molecule has 136 valence electrons. The van der Waals surface area contributed by atoms with Gasteiger partial charge in [0.15, 0.2) is 11.5 Å². The van der Waals surface area contributed by atoms with Crippen molar-refractivity contribution in [3.05, 3.63) is 55.0 Å². The van der Waals surface area contributed by atoms with Gasteiger partial charge >= 0.3 is 0 Å². The van der Waals surface area contributed by atoms with Crippen molar-refractivity contribution < 1.29 is 0 Å². The molecular formula is C18H19N9. The third-order valence-electron chi connectivity index (χ3n) is 5.05. The smallest absolute Gasteiger partial charge is 0.180 e. The maximum absolute atomic E-state index is 4.84. The molecule has 1 aliphatic rings. The number of fused-ring (bicyclic) bond motifs is 1. The number of rotatable bonds is 3. The lowest BCUT2D eigenvalue weighted by Gasteiger charge is -2.40. The molecule has 27 heavy (non-hydrogen) atoms. The van der Waals surface area contributed by atoms with Crippen molar-refractivity contribution in [3.63, 3.8) is 0 Å². The Morgan fingerprint density at radius 1 is 1.15 bits per heavy atom. The highest BCUT2D eigenvalue weighted by Gasteiger charge is 2.30. The summed E-state index contributed by atoms with van der Waals surface area (Å²) in [5.74, 6) is 1.56. The van der Waals surface area contributed by atoms with Crippen LogP contribution in [-0.2, 0) is 0 Å². The predicted octanol–water partition coefficient (Wildman–Crippen LogP) is 1.45. The summed E-state index contributed by atoms with van der Waals surface area (Å²) in [5, 5.41) is 10.6. The van der Waals surface area contributed by atoms with E-state index in [4.69, 9.17) is 4.98 Å². The first-order valence-electron chi connectivity index (χ1n) is 8.90. The van der Waals surface area contributed by atoms with Crippen LogP contribution >= 0.6 is 0 Å². The number of aromatic nitrogens is 7. The highest BCUT2D eigenvalue weighted by atomic mass is 15.3. The number of aromatic amines is 1. The summed E-state index contributed by atoms with van der Waals surface area (Å²) in [7, 11) is 0. The van der Waals surface area contributed by atoms with Gasteiger partial charge in [-0.2, -0.15) is 5.10 Å². The summed E-state index contributed by atoms with van der Waals surface area (Å²) >= 11 is 0. The molecule has 5 heterocycles. The van der Waals surface area contributed by atoms with Gasteiger partial charge in [0.25, 0.3) is 0 Å². The zero-order valence-corrected chi connectivity index (χ0v) is 14.8. The summed E-state index contributed by atoms with van der Waals surface area (Å²) in [5.41, 5.74) is 2.77. The number of nitrogens with one attached hydrogen (secondary N) is 2. The van der Waals surface area contributed by atoms with E-state index >= 15 is 0 Å². The molecule has 0 bridgehead atoms. The summed E-state index contributed by atoms with van der Waals surface area (Å²) in [6, 6.07) is 2.38. The van der Waals surface area contributed by atoms with Gasteiger partial charge in [-0.15, -0.1) is 0 Å². The molecule has 9 heteroatoms. The molecule has 4 aromatic rings. The van der Waals surface area contributed by atoms with Crippen molar-refractivity contribution >= 4 is 11.5 Å². The maximum Gasteiger partial charge on any atom is 0.180 e. The van der Waals surface area contributed by atoms with Gasteiger partial charge < -0.3 is 10.2 Å². The first-order chi connectivity index (χ1) is 13.3. The Morgan fingerprint density at radius 2 is 2.11 bits per heavy atom. The number of anilines is 1. The van der Waals surface area contributed by atoms with E-state index in [-0.39, 0.29) is 12.1 Å². The molecule has 1 fully saturated rings. The Bertz CT molecular complexity index is 1060. The quantitative estimate of drug-likeness (QED) is 0.570. The van der Waals surface area contributed by atoms with E-state index in [9.17, 15) is 0 Å². The molecule has 0 spiro atoms. The van der Waals surface area contributed by atoms with Gasteiger partial charge in [0, 0.05) is 49.5 Å². The van der Waals surface area contributed by atoms with Crippen molar-refractivity contribution in [2.45, 2.75) is 19.0 Å². The van der Waals surface area contributed by atoms with E-state index in [1.165, 1.54) is 0 Å². The van der Waals surface area contributed by atoms with Gasteiger partial charge in [0.1, 0.15) is 11.5 Å². The fourth-order valence-corrected chi connectivity index (χ4v) is 3.69. The van der Waals surface area contributed by atoms with Gasteiger partial charge in [-0.3, -0.25) is 14.5 Å². The van der Waals surface area contributed by atoms with Crippen molar-refractivity contribution in [1.82, 2.24) is 39.9 Å². The molecule has 5 rings (SSSR count). The molecule has 2 atom stereocenters. The van der Waals surface area contributed by atoms with Crippen LogP contribution in [0, 0.1) is 0 Å². The maximum atomic E-state index is 4.84. The Morgan fingerprint density at radius 3 is 3.00 bits per heavy atom. The normalized spacial score (nSPS) is 20.3. The zero-order valence-electron chi connectivity index (χ0n) is 14.8. The lowest BCUT2D eigenvalue weighted by molar-refractivity contribution is 0.389. The lowest BCUT2D eigenvalue weighted by Crippen LogP contribution is -2.52. The first kappa shape index (κ1) is 15.9. The topological polar surface area (TPSA) is 99.9 Å². The molecule has 4 aromatic heterocycles. The number of piperazine rings is 1. The molecule has 2 unspecified atom stereocenters. The predicted molar refractivity (Wildman–Crippen MR) is 100 cm³/mol. The average Bonchev–Trinajstić information content (AvgIpc) is 3.38. The SMILES string of the molecule is CC1C(c2cn[nH]c2)NCCN1c1ccnc(-c2cnc3cnccn23)n1. The van der Waals surface area contributed by atoms with Crippen LogP contribution in [-0.4, -0.2) is 53.7 Å². The number of hydrogen-bond donors (Lipinski definition) is 2. The second kappa shape index (κ2) is 6.44. The lowest BCUT2D eigenvalue weighted by atomic mass is 10.00. The average molecular weight is 361 g/mol. The second-order valence-electron chi connectivity index (χ2n) is 6.58. The number of H-pyrrole nitrogens is 1. The highest BCUT2D eigenvalue weighted by molar-refractivity contribution is 5.58. The van der Waals surface area contributed by atoms with Crippen LogP contribution in [0.3, 0.4) is 0 Å². The second-order valence-corrected chi connectivity index (χ2v) is 6.58. The Kier molecular flexibility index (Phi) is 3.79. The summed E-state index contributed by atoms with van der Waals surface area (Å²) in [6.45, 7) is 3.95. The van der Waals surface area contributed by atoms with Crippen molar-refractivity contribution in [1.29, 1.82) is 0 Å². The minimum absolute atomic E-state index is 0.192. The first-order valence-corrected chi connectivity index (χ1v) is 8.90. The molecule has 1 aliphatic heterocycles. The largest absolute Gasteiger partial charge is 0.351 e. The molecule has 0 aromatic carbocycles. The fourth-order valence-electron chi connectivity index (χ4n) is 3.69. The standard InChI is InChI=1S/C18H19N9/c1-12-17(13-8-23-24-9-13)20-5-7-26(12)15-2-3-21-18(25-15)14-10-22-16-11-19-4-6-27(14)16/h2-4,6,8-12,17,20H,5,7H2,1H3,(H,23,24). The summed E-state index contributed by atoms with van der Waals surface area (Å²) in [4.78, 5) is 20.1. The number of imidazole rings is 1. The van der Waals surface area contributed by atoms with Crippen LogP contribution in [0.25, 0.3) is 17.2 Å². The van der Waals surface area contributed by atoms with E-state index in [0.29, 0.717) is 5.82 Å². The fraction of sp³-hybridized carbons (Fsp3) is 0.278. The Labute approximate surface area is 155 Å². The van der Waals surface area contributed by atoms with Crippen LogP contribution in [0.1, 0.15) is 18.5 Å².